The number of carbonyl (C=O) groups is 1. The number of aromatic hydroxyl groups is 1. The highest BCUT2D eigenvalue weighted by molar-refractivity contribution is 6.31. The van der Waals surface area contributed by atoms with E-state index in [2.05, 4.69) is 15.3 Å². The topological polar surface area (TPSA) is 97.0 Å². The summed E-state index contributed by atoms with van der Waals surface area (Å²) in [4.78, 5) is 20.8. The number of esters is 1. The molecule has 7 nitrogen and oxygen atoms in total. The molecular weight excluding hydrogens is 394 g/mol. The van der Waals surface area contributed by atoms with E-state index in [0.29, 0.717) is 27.7 Å². The van der Waals surface area contributed by atoms with Crippen molar-refractivity contribution in [2.75, 3.05) is 11.9 Å². The minimum atomic E-state index is -0.693. The molecule has 3 aromatic rings. The van der Waals surface area contributed by atoms with E-state index in [1.165, 1.54) is 6.20 Å². The average molecular weight is 410 g/mol. The number of ether oxygens (including phenoxy) is 1. The zero-order chi connectivity index (χ0) is 20.4. The van der Waals surface area contributed by atoms with Gasteiger partial charge in [0.1, 0.15) is 0 Å². The third-order valence-electron chi connectivity index (χ3n) is 4.18. The lowest BCUT2D eigenvalue weighted by Gasteiger charge is -2.05. The number of carbonyl (C=O) groups excluding carboxylic acids is 1. The maximum atomic E-state index is 12.4. The number of nitrogens with one attached hydrogen (secondary N) is 1. The first kappa shape index (κ1) is 18.8. The molecule has 3 heterocycles. The Kier molecular flexibility index (Phi) is 5.05. The Balaban J connectivity index is 1.77. The van der Waals surface area contributed by atoms with E-state index in [-0.39, 0.29) is 29.6 Å². The number of anilines is 2. The summed E-state index contributed by atoms with van der Waals surface area (Å²) >= 11 is 6.03. The third-order valence-corrected chi connectivity index (χ3v) is 4.38. The number of benzene rings is 1. The molecule has 0 fully saturated rings. The van der Waals surface area contributed by atoms with Crippen molar-refractivity contribution in [1.82, 2.24) is 4.98 Å². The van der Waals surface area contributed by atoms with Crippen molar-refractivity contribution in [3.05, 3.63) is 64.5 Å². The summed E-state index contributed by atoms with van der Waals surface area (Å²) in [6.45, 7) is 1.85. The fourth-order valence-corrected chi connectivity index (χ4v) is 3.03. The highest BCUT2D eigenvalue weighted by Crippen LogP contribution is 2.39. The number of aliphatic imine (C=N–C) groups is 1. The van der Waals surface area contributed by atoms with Crippen molar-refractivity contribution in [1.29, 1.82) is 0 Å². The van der Waals surface area contributed by atoms with Crippen LogP contribution in [0.25, 0.3) is 11.6 Å². The molecule has 0 aliphatic carbocycles. The van der Waals surface area contributed by atoms with Crippen LogP contribution < -0.4 is 5.32 Å². The van der Waals surface area contributed by atoms with Crippen LogP contribution in [-0.4, -0.2) is 28.9 Å². The van der Waals surface area contributed by atoms with Crippen molar-refractivity contribution >= 4 is 52.8 Å². The van der Waals surface area contributed by atoms with E-state index in [0.717, 1.165) is 0 Å². The molecule has 2 N–H and O–H groups in total. The molecule has 0 amide bonds. The molecule has 29 heavy (non-hydrogen) atoms. The Morgan fingerprint density at radius 2 is 2.14 bits per heavy atom. The third kappa shape index (κ3) is 3.72. The number of rotatable bonds is 5. The molecule has 146 valence electrons. The molecule has 0 atom stereocenters. The Labute approximate surface area is 171 Å². The highest BCUT2D eigenvalue weighted by Gasteiger charge is 2.27. The fraction of sp³-hybridized carbons (Fsp3) is 0.0952. The smallest absolute Gasteiger partial charge is 0.347 e. The van der Waals surface area contributed by atoms with Crippen LogP contribution in [0, 0.1) is 0 Å². The molecule has 0 bridgehead atoms. The number of allylic oxidation sites excluding steroid dienone is 1. The number of nitrogens with zero attached hydrogens (tertiary/aromatic N) is 2. The van der Waals surface area contributed by atoms with Crippen molar-refractivity contribution in [3.63, 3.8) is 0 Å². The lowest BCUT2D eigenvalue weighted by Crippen LogP contribution is -2.06. The molecule has 0 saturated carbocycles. The number of pyridine rings is 1. The molecule has 1 aliphatic rings. The summed E-state index contributed by atoms with van der Waals surface area (Å²) in [5, 5.41) is 14.1. The van der Waals surface area contributed by atoms with Gasteiger partial charge < -0.3 is 19.6 Å². The fourth-order valence-electron chi connectivity index (χ4n) is 2.87. The van der Waals surface area contributed by atoms with Gasteiger partial charge >= 0.3 is 5.97 Å². The summed E-state index contributed by atoms with van der Waals surface area (Å²) in [6, 6.07) is 10.9. The van der Waals surface area contributed by atoms with Crippen LogP contribution in [-0.2, 0) is 4.74 Å². The van der Waals surface area contributed by atoms with Gasteiger partial charge in [0, 0.05) is 29.2 Å². The maximum Gasteiger partial charge on any atom is 0.347 e. The molecule has 0 unspecified atom stereocenters. The Hall–Kier alpha value is -3.58. The molecule has 0 radical (unpaired) electrons. The summed E-state index contributed by atoms with van der Waals surface area (Å²) in [5.74, 6) is -0.340. The second-order valence-corrected chi connectivity index (χ2v) is 6.55. The van der Waals surface area contributed by atoms with Gasteiger partial charge in [-0.1, -0.05) is 29.8 Å². The molecule has 1 aliphatic heterocycles. The van der Waals surface area contributed by atoms with Crippen molar-refractivity contribution in [2.24, 2.45) is 4.99 Å². The number of furan rings is 1. The number of hydrogen-bond donors (Lipinski definition) is 2. The zero-order valence-corrected chi connectivity index (χ0v) is 16.1. The number of para-hydroxylation sites is 1. The monoisotopic (exact) mass is 409 g/mol. The second-order valence-electron chi connectivity index (χ2n) is 6.11. The van der Waals surface area contributed by atoms with Gasteiger partial charge in [0.05, 0.1) is 11.6 Å². The van der Waals surface area contributed by atoms with Crippen LogP contribution in [0.4, 0.5) is 17.4 Å². The minimum Gasteiger partial charge on any atom is -0.504 e. The highest BCUT2D eigenvalue weighted by atomic mass is 35.5. The van der Waals surface area contributed by atoms with Crippen LogP contribution in [0.5, 0.6) is 5.75 Å². The summed E-state index contributed by atoms with van der Waals surface area (Å²) in [7, 11) is 0. The largest absolute Gasteiger partial charge is 0.504 e. The number of hydrogen-bond acceptors (Lipinski definition) is 7. The van der Waals surface area contributed by atoms with Gasteiger partial charge in [-0.3, -0.25) is 0 Å². The van der Waals surface area contributed by atoms with Gasteiger partial charge in [-0.15, -0.1) is 0 Å². The normalized spacial score (nSPS) is 13.5. The van der Waals surface area contributed by atoms with Gasteiger partial charge in [0.25, 0.3) is 0 Å². The molecule has 0 saturated heterocycles. The predicted molar refractivity (Wildman–Crippen MR) is 111 cm³/mol. The van der Waals surface area contributed by atoms with Crippen molar-refractivity contribution in [3.8, 4) is 5.75 Å². The van der Waals surface area contributed by atoms with Crippen LogP contribution >= 0.6 is 11.6 Å². The van der Waals surface area contributed by atoms with Gasteiger partial charge in [0.2, 0.25) is 5.88 Å². The van der Waals surface area contributed by atoms with E-state index < -0.39 is 5.97 Å². The van der Waals surface area contributed by atoms with E-state index in [1.54, 1.807) is 37.4 Å². The van der Waals surface area contributed by atoms with Crippen LogP contribution in [0.15, 0.2) is 52.0 Å². The van der Waals surface area contributed by atoms with E-state index in [9.17, 15) is 9.90 Å². The first-order valence-corrected chi connectivity index (χ1v) is 9.21. The number of halogens is 1. The number of fused-ring (bicyclic) bond motifs is 1. The van der Waals surface area contributed by atoms with E-state index in [4.69, 9.17) is 20.8 Å². The van der Waals surface area contributed by atoms with Gasteiger partial charge in [-0.2, -0.15) is 0 Å². The SMILES string of the molecule is CCOC(=O)c1c(Nc2ccccc2)oc(C=C2C=Nc3ncc(Cl)cc32)c1O. The second kappa shape index (κ2) is 7.81. The molecule has 0 spiro atoms. The van der Waals surface area contributed by atoms with Gasteiger partial charge in [-0.25, -0.2) is 14.8 Å². The van der Waals surface area contributed by atoms with E-state index in [1.807, 2.05) is 18.2 Å². The summed E-state index contributed by atoms with van der Waals surface area (Å²) < 4.78 is 10.8. The minimum absolute atomic E-state index is 0.0815. The predicted octanol–water partition coefficient (Wildman–Crippen LogP) is 5.21. The van der Waals surface area contributed by atoms with Crippen molar-refractivity contribution < 1.29 is 19.1 Å². The van der Waals surface area contributed by atoms with Crippen molar-refractivity contribution in [2.45, 2.75) is 6.92 Å². The van der Waals surface area contributed by atoms with Gasteiger partial charge in [0.15, 0.2) is 22.9 Å². The quantitative estimate of drug-likeness (QED) is 0.561. The lowest BCUT2D eigenvalue weighted by atomic mass is 10.1. The summed E-state index contributed by atoms with van der Waals surface area (Å²) in [5.41, 5.74) is 1.95. The molecule has 1 aromatic carbocycles. The maximum absolute atomic E-state index is 12.4. The summed E-state index contributed by atoms with van der Waals surface area (Å²) in [6.07, 6.45) is 4.66. The van der Waals surface area contributed by atoms with Crippen LogP contribution in [0.1, 0.15) is 28.6 Å². The van der Waals surface area contributed by atoms with E-state index >= 15 is 0 Å². The van der Waals surface area contributed by atoms with Crippen LogP contribution in [0.3, 0.4) is 0 Å². The van der Waals surface area contributed by atoms with Gasteiger partial charge in [-0.05, 0) is 31.2 Å². The molecule has 4 rings (SSSR count). The lowest BCUT2D eigenvalue weighted by molar-refractivity contribution is 0.0524. The number of aromatic nitrogens is 1. The van der Waals surface area contributed by atoms with Crippen LogP contribution in [0.2, 0.25) is 5.02 Å². The molecule has 8 heteroatoms. The Morgan fingerprint density at radius 3 is 2.90 bits per heavy atom. The Morgan fingerprint density at radius 1 is 1.34 bits per heavy atom. The average Bonchev–Trinajstić information content (AvgIpc) is 3.24. The molecular formula is C21H16ClN3O4. The molecule has 2 aromatic heterocycles. The Bertz CT molecular complexity index is 1140. The first-order chi connectivity index (χ1) is 14.1. The zero-order valence-electron chi connectivity index (χ0n) is 15.3. The first-order valence-electron chi connectivity index (χ1n) is 8.83. The standard InChI is InChI=1S/C21H16ClN3O4/c1-2-28-21(27)17-18(26)16(29-20(17)25-14-6-4-3-5-7-14)8-12-10-23-19-15(12)9-13(22)11-24-19/h3-11,25-26H,2H2,1H3.